The molecular formula is C65H74O15. The Labute approximate surface area is 469 Å². The van der Waals surface area contributed by atoms with Crippen LogP contribution in [0, 0.1) is 0 Å². The number of benzene rings is 6. The third-order valence-electron chi connectivity index (χ3n) is 14.4. The molecule has 15 atom stereocenters. The second-order valence-electron chi connectivity index (χ2n) is 20.4. The monoisotopic (exact) mass is 1090 g/mol. The van der Waals surface area contributed by atoms with Crippen molar-refractivity contribution in [3.63, 3.8) is 0 Å². The number of ether oxygens (including phenoxy) is 12. The Hall–Kier alpha value is -5.99. The highest BCUT2D eigenvalue weighted by Crippen LogP contribution is 2.43. The van der Waals surface area contributed by atoms with E-state index in [9.17, 15) is 15.0 Å². The van der Waals surface area contributed by atoms with Gasteiger partial charge in [0.1, 0.15) is 54.9 Å². The van der Waals surface area contributed by atoms with E-state index in [1.807, 2.05) is 189 Å². The molecule has 6 aromatic carbocycles. The lowest BCUT2D eigenvalue weighted by molar-refractivity contribution is -0.416. The van der Waals surface area contributed by atoms with Crippen LogP contribution in [0.15, 0.2) is 195 Å². The van der Waals surface area contributed by atoms with E-state index in [4.69, 9.17) is 56.8 Å². The molecule has 0 aliphatic carbocycles. The first kappa shape index (κ1) is 58.7. The molecule has 6 aromatic rings. The lowest BCUT2D eigenvalue weighted by atomic mass is 9.89. The van der Waals surface area contributed by atoms with Crippen molar-refractivity contribution >= 4 is 5.97 Å². The van der Waals surface area contributed by atoms with Crippen LogP contribution in [0.2, 0.25) is 0 Å². The van der Waals surface area contributed by atoms with Crippen molar-refractivity contribution < 1.29 is 71.8 Å². The van der Waals surface area contributed by atoms with Crippen molar-refractivity contribution in [2.75, 3.05) is 6.61 Å². The van der Waals surface area contributed by atoms with Gasteiger partial charge >= 0.3 is 5.97 Å². The minimum atomic E-state index is -1.97. The van der Waals surface area contributed by atoms with Crippen LogP contribution in [0.3, 0.4) is 0 Å². The molecule has 0 bridgehead atoms. The lowest BCUT2D eigenvalue weighted by Crippen LogP contribution is -2.70. The average Bonchev–Trinajstić information content (AvgIpc) is 3.46. The Morgan fingerprint density at radius 1 is 0.500 bits per heavy atom. The van der Waals surface area contributed by atoms with Gasteiger partial charge in [0, 0.05) is 13.3 Å². The Balaban J connectivity index is 1.10. The molecule has 3 aliphatic rings. The fourth-order valence-electron chi connectivity index (χ4n) is 10.5. The third kappa shape index (κ3) is 15.5. The summed E-state index contributed by atoms with van der Waals surface area (Å²) in [5, 5.41) is 24.8. The van der Waals surface area contributed by atoms with Gasteiger partial charge in [-0.1, -0.05) is 188 Å². The van der Waals surface area contributed by atoms with E-state index in [0.717, 1.165) is 33.4 Å². The fourth-order valence-corrected chi connectivity index (χ4v) is 10.5. The van der Waals surface area contributed by atoms with Gasteiger partial charge in [-0.3, -0.25) is 4.79 Å². The smallest absolute Gasteiger partial charge is 0.303 e. The predicted molar refractivity (Wildman–Crippen MR) is 296 cm³/mol. The Kier molecular flexibility index (Phi) is 21.4. The van der Waals surface area contributed by atoms with E-state index in [0.29, 0.717) is 0 Å². The van der Waals surface area contributed by atoms with Crippen LogP contribution in [-0.4, -0.2) is 114 Å². The molecule has 0 saturated carbocycles. The first-order chi connectivity index (χ1) is 39.1. The number of hydrogen-bond donors (Lipinski definition) is 2. The van der Waals surface area contributed by atoms with Crippen LogP contribution < -0.4 is 0 Å². The zero-order chi connectivity index (χ0) is 55.7. The summed E-state index contributed by atoms with van der Waals surface area (Å²) >= 11 is 0. The molecule has 424 valence electrons. The van der Waals surface area contributed by atoms with E-state index >= 15 is 0 Å². The largest absolute Gasteiger partial charge is 0.454 e. The molecule has 15 heteroatoms. The molecule has 0 amide bonds. The Morgan fingerprint density at radius 3 is 1.36 bits per heavy atom. The summed E-state index contributed by atoms with van der Waals surface area (Å²) in [7, 11) is 0. The molecule has 0 spiro atoms. The predicted octanol–water partition coefficient (Wildman–Crippen LogP) is 9.35. The number of aliphatic hydroxyl groups is 2. The van der Waals surface area contributed by atoms with Gasteiger partial charge in [-0.15, -0.1) is 6.58 Å². The molecule has 0 radical (unpaired) electrons. The number of hydrogen-bond acceptors (Lipinski definition) is 15. The van der Waals surface area contributed by atoms with Gasteiger partial charge in [-0.05, 0) is 47.2 Å². The maximum Gasteiger partial charge on any atom is 0.303 e. The molecular weight excluding hydrogens is 1020 g/mol. The summed E-state index contributed by atoms with van der Waals surface area (Å²) in [5.41, 5.74) is 5.43. The quantitative estimate of drug-likeness (QED) is 0.0389. The molecule has 0 unspecified atom stereocenters. The molecule has 0 aromatic heterocycles. The van der Waals surface area contributed by atoms with Gasteiger partial charge in [0.05, 0.1) is 58.5 Å². The zero-order valence-corrected chi connectivity index (χ0v) is 45.5. The Bertz CT molecular complexity index is 2750. The van der Waals surface area contributed by atoms with E-state index < -0.39 is 97.6 Å². The standard InChI is InChI=1S/C65H74O15/c1-5-36-65(62(67)59(73-41-51-32-20-10-21-33-51)54(45(3)79-65)70-38-48-26-14-7-15-27-48)80-58-55(44(2)75-63(68)60(58)76-46(4)66)78-64-61(74-42-52-34-22-11-23-35-52)57(72-40-50-30-18-9-19-31-50)56(71-39-49-28-16-8-17-29-49)53(77-64)43-69-37-47-24-12-6-13-25-47/h5-35,44-45,53-64,67-68H,1,36-43H2,2-4H3/t44-,45-,53+,54-,55-,56+,57-,58+,59+,60+,61+,62+,63+,64+,65-/m0/s1. The summed E-state index contributed by atoms with van der Waals surface area (Å²) in [6.45, 7) is 9.91. The minimum Gasteiger partial charge on any atom is -0.454 e. The Morgan fingerprint density at radius 2 is 0.912 bits per heavy atom. The van der Waals surface area contributed by atoms with Crippen LogP contribution in [0.5, 0.6) is 0 Å². The van der Waals surface area contributed by atoms with Crippen molar-refractivity contribution in [3.05, 3.63) is 228 Å². The topological polar surface area (TPSA) is 168 Å². The van der Waals surface area contributed by atoms with Crippen LogP contribution >= 0.6 is 0 Å². The molecule has 3 heterocycles. The molecule has 3 saturated heterocycles. The highest BCUT2D eigenvalue weighted by Gasteiger charge is 2.60. The number of carbonyl (C=O) groups is 1. The van der Waals surface area contributed by atoms with Crippen molar-refractivity contribution in [1.29, 1.82) is 0 Å². The fraction of sp³-hybridized carbons (Fsp3) is 0.400. The van der Waals surface area contributed by atoms with Crippen molar-refractivity contribution in [2.24, 2.45) is 0 Å². The van der Waals surface area contributed by atoms with Crippen molar-refractivity contribution in [1.82, 2.24) is 0 Å². The third-order valence-corrected chi connectivity index (χ3v) is 14.4. The number of esters is 1. The van der Waals surface area contributed by atoms with Crippen LogP contribution in [-0.2, 0) is 101 Å². The summed E-state index contributed by atoms with van der Waals surface area (Å²) in [5.74, 6) is -2.71. The van der Waals surface area contributed by atoms with E-state index in [1.165, 1.54) is 6.92 Å². The van der Waals surface area contributed by atoms with E-state index in [2.05, 4.69) is 6.58 Å². The second kappa shape index (κ2) is 29.1. The number of aliphatic hydroxyl groups excluding tert-OH is 2. The SMILES string of the molecule is C=CC[C@@]1(O[C@@H]2[C@@H](O[C@H]3O[C@H](COCc4ccccc4)[C@@H](OCc4ccccc4)[C@H](OCc4ccccc4)[C@H]3OCc3ccccc3)[C@H](C)O[C@@H](O)[C@@H]2OC(C)=O)O[C@@H](C)[C@H](OCc2ccccc2)[C@@H](OCc2ccccc2)[C@H]1O. The van der Waals surface area contributed by atoms with Gasteiger partial charge < -0.3 is 67.1 Å². The lowest BCUT2D eigenvalue weighted by Gasteiger charge is -2.54. The minimum absolute atomic E-state index is 0.0362. The van der Waals surface area contributed by atoms with Gasteiger partial charge in [-0.2, -0.15) is 0 Å². The van der Waals surface area contributed by atoms with Gasteiger partial charge in [-0.25, -0.2) is 0 Å². The number of carbonyl (C=O) groups excluding carboxylic acids is 1. The second-order valence-corrected chi connectivity index (χ2v) is 20.4. The summed E-state index contributed by atoms with van der Waals surface area (Å²) < 4.78 is 81.2. The maximum absolute atomic E-state index is 13.1. The average molecular weight is 1100 g/mol. The molecule has 9 rings (SSSR count). The summed E-state index contributed by atoms with van der Waals surface area (Å²) in [6, 6.07) is 58.4. The highest BCUT2D eigenvalue weighted by atomic mass is 16.8. The summed E-state index contributed by atoms with van der Waals surface area (Å²) in [4.78, 5) is 13.1. The maximum atomic E-state index is 13.1. The van der Waals surface area contributed by atoms with Crippen LogP contribution in [0.1, 0.15) is 60.6 Å². The molecule has 3 fully saturated rings. The molecule has 2 N–H and O–H groups in total. The molecule has 3 aliphatic heterocycles. The normalized spacial score (nSPS) is 29.6. The van der Waals surface area contributed by atoms with Crippen LogP contribution in [0.4, 0.5) is 0 Å². The van der Waals surface area contributed by atoms with Gasteiger partial charge in [0.15, 0.2) is 18.7 Å². The van der Waals surface area contributed by atoms with Crippen LogP contribution in [0.25, 0.3) is 0 Å². The molecule has 15 nitrogen and oxygen atoms in total. The van der Waals surface area contributed by atoms with E-state index in [1.54, 1.807) is 13.0 Å². The highest BCUT2D eigenvalue weighted by molar-refractivity contribution is 5.66. The zero-order valence-electron chi connectivity index (χ0n) is 45.5. The van der Waals surface area contributed by atoms with Crippen molar-refractivity contribution in [3.8, 4) is 0 Å². The van der Waals surface area contributed by atoms with Gasteiger partial charge in [0.2, 0.25) is 5.79 Å². The van der Waals surface area contributed by atoms with Crippen molar-refractivity contribution in [2.45, 2.75) is 158 Å². The first-order valence-electron chi connectivity index (χ1n) is 27.4. The van der Waals surface area contributed by atoms with E-state index in [-0.39, 0.29) is 52.7 Å². The molecule has 80 heavy (non-hydrogen) atoms. The first-order valence-corrected chi connectivity index (χ1v) is 27.4. The summed E-state index contributed by atoms with van der Waals surface area (Å²) in [6.07, 6.45) is -14.6. The number of rotatable bonds is 26. The van der Waals surface area contributed by atoms with Gasteiger partial charge in [0.25, 0.3) is 0 Å².